The number of anilines is 2. The summed E-state index contributed by atoms with van der Waals surface area (Å²) in [6.45, 7) is 6.12. The average molecular weight is 341 g/mol. The molecular formula is C20H27N3O2. The Labute approximate surface area is 149 Å². The Hall–Kier alpha value is -2.04. The number of nitrogens with zero attached hydrogens (tertiary/aromatic N) is 3. The minimum atomic E-state index is -0.0577. The number of carbonyl (C=O) groups excluding carboxylic acids is 2. The van der Waals surface area contributed by atoms with E-state index in [-0.39, 0.29) is 23.7 Å². The van der Waals surface area contributed by atoms with Gasteiger partial charge in [0, 0.05) is 38.6 Å². The van der Waals surface area contributed by atoms with Crippen molar-refractivity contribution in [1.29, 1.82) is 0 Å². The van der Waals surface area contributed by atoms with Crippen molar-refractivity contribution in [3.05, 3.63) is 24.3 Å². The van der Waals surface area contributed by atoms with Crippen LogP contribution in [0.1, 0.15) is 32.6 Å². The van der Waals surface area contributed by atoms with Crippen LogP contribution in [0.2, 0.25) is 0 Å². The molecule has 0 spiro atoms. The fourth-order valence-corrected chi connectivity index (χ4v) is 4.17. The number of piperidine rings is 1. The van der Waals surface area contributed by atoms with Crippen LogP contribution in [-0.4, -0.2) is 49.4 Å². The lowest BCUT2D eigenvalue weighted by Gasteiger charge is -2.40. The van der Waals surface area contributed by atoms with E-state index in [2.05, 4.69) is 17.9 Å². The van der Waals surface area contributed by atoms with Crippen LogP contribution in [0.25, 0.3) is 0 Å². The molecule has 0 N–H and O–H groups in total. The molecule has 0 aromatic heterocycles. The van der Waals surface area contributed by atoms with Crippen LogP contribution in [0, 0.1) is 11.8 Å². The van der Waals surface area contributed by atoms with Gasteiger partial charge < -0.3 is 14.7 Å². The van der Waals surface area contributed by atoms with Crippen LogP contribution in [-0.2, 0) is 9.59 Å². The zero-order valence-corrected chi connectivity index (χ0v) is 15.0. The van der Waals surface area contributed by atoms with E-state index in [0.29, 0.717) is 6.54 Å². The summed E-state index contributed by atoms with van der Waals surface area (Å²) in [5, 5.41) is 0. The number of rotatable bonds is 3. The quantitative estimate of drug-likeness (QED) is 0.848. The first-order valence-corrected chi connectivity index (χ1v) is 9.63. The number of amides is 2. The van der Waals surface area contributed by atoms with Gasteiger partial charge in [-0.15, -0.1) is 0 Å². The lowest BCUT2D eigenvalue weighted by Crippen LogP contribution is -2.50. The highest BCUT2D eigenvalue weighted by Gasteiger charge is 2.38. The lowest BCUT2D eigenvalue weighted by atomic mass is 9.95. The van der Waals surface area contributed by atoms with Gasteiger partial charge in [-0.1, -0.05) is 12.1 Å². The molecule has 134 valence electrons. The third-order valence-corrected chi connectivity index (χ3v) is 5.76. The summed E-state index contributed by atoms with van der Waals surface area (Å²) in [6, 6.07) is 8.18. The molecule has 1 aliphatic carbocycles. The standard InChI is InChI=1S/C20H27N3O2/c1-2-21-12-13-23(18-8-4-3-7-17(18)21)20(25)16-6-5-11-22(14-16)19(24)15-9-10-15/h3-4,7-8,15-16H,2,5-6,9-14H2,1H3/t16-/m1/s1. The molecule has 2 fully saturated rings. The van der Waals surface area contributed by atoms with Gasteiger partial charge in [-0.3, -0.25) is 9.59 Å². The van der Waals surface area contributed by atoms with Gasteiger partial charge in [-0.05, 0) is 44.7 Å². The number of benzene rings is 1. The first-order valence-electron chi connectivity index (χ1n) is 9.63. The van der Waals surface area contributed by atoms with Crippen LogP contribution in [0.3, 0.4) is 0 Å². The monoisotopic (exact) mass is 341 g/mol. The predicted octanol–water partition coefficient (Wildman–Crippen LogP) is 2.51. The van der Waals surface area contributed by atoms with Gasteiger partial charge in [-0.2, -0.15) is 0 Å². The van der Waals surface area contributed by atoms with E-state index < -0.39 is 0 Å². The van der Waals surface area contributed by atoms with Crippen LogP contribution in [0.4, 0.5) is 11.4 Å². The molecule has 3 aliphatic rings. The molecule has 2 aliphatic heterocycles. The molecule has 4 rings (SSSR count). The van der Waals surface area contributed by atoms with E-state index in [1.165, 1.54) is 0 Å². The second-order valence-corrected chi connectivity index (χ2v) is 7.46. The van der Waals surface area contributed by atoms with Crippen LogP contribution in [0.15, 0.2) is 24.3 Å². The minimum absolute atomic E-state index is 0.0577. The molecule has 2 heterocycles. The summed E-state index contributed by atoms with van der Waals surface area (Å²) in [5.41, 5.74) is 2.16. The van der Waals surface area contributed by atoms with Gasteiger partial charge in [0.2, 0.25) is 11.8 Å². The van der Waals surface area contributed by atoms with Crippen molar-refractivity contribution >= 4 is 23.2 Å². The van der Waals surface area contributed by atoms with Crippen molar-refractivity contribution in [2.75, 3.05) is 42.5 Å². The van der Waals surface area contributed by atoms with E-state index in [4.69, 9.17) is 0 Å². The van der Waals surface area contributed by atoms with E-state index in [0.717, 1.165) is 63.2 Å². The highest BCUT2D eigenvalue weighted by molar-refractivity contribution is 5.99. The second-order valence-electron chi connectivity index (χ2n) is 7.46. The molecule has 0 unspecified atom stereocenters. The van der Waals surface area contributed by atoms with Crippen LogP contribution >= 0.6 is 0 Å². The van der Waals surface area contributed by atoms with Crippen molar-refractivity contribution in [3.8, 4) is 0 Å². The summed E-state index contributed by atoms with van der Waals surface area (Å²) < 4.78 is 0. The first-order chi connectivity index (χ1) is 12.2. The molecular weight excluding hydrogens is 314 g/mol. The third-order valence-electron chi connectivity index (χ3n) is 5.76. The van der Waals surface area contributed by atoms with Gasteiger partial charge in [0.1, 0.15) is 0 Å². The molecule has 0 radical (unpaired) electrons. The van der Waals surface area contributed by atoms with Crippen molar-refractivity contribution < 1.29 is 9.59 Å². The normalized spacial score (nSPS) is 23.4. The maximum absolute atomic E-state index is 13.2. The first kappa shape index (κ1) is 16.4. The summed E-state index contributed by atoms with van der Waals surface area (Å²) >= 11 is 0. The molecule has 5 nitrogen and oxygen atoms in total. The molecule has 0 bridgehead atoms. The number of likely N-dealkylation sites (tertiary alicyclic amines) is 1. The lowest BCUT2D eigenvalue weighted by molar-refractivity contribution is -0.136. The smallest absolute Gasteiger partial charge is 0.232 e. The Morgan fingerprint density at radius 2 is 1.72 bits per heavy atom. The molecule has 1 aromatic rings. The molecule has 1 saturated carbocycles. The average Bonchev–Trinajstić information content (AvgIpc) is 3.51. The van der Waals surface area contributed by atoms with Gasteiger partial charge in [0.15, 0.2) is 0 Å². The Kier molecular flexibility index (Phi) is 4.40. The molecule has 1 atom stereocenters. The van der Waals surface area contributed by atoms with Crippen molar-refractivity contribution in [2.24, 2.45) is 11.8 Å². The number of carbonyl (C=O) groups is 2. The minimum Gasteiger partial charge on any atom is -0.368 e. The maximum Gasteiger partial charge on any atom is 0.232 e. The summed E-state index contributed by atoms with van der Waals surface area (Å²) in [5.74, 6) is 0.644. The molecule has 1 saturated heterocycles. The Morgan fingerprint density at radius 3 is 2.44 bits per heavy atom. The van der Waals surface area contributed by atoms with E-state index in [9.17, 15) is 9.59 Å². The Morgan fingerprint density at radius 1 is 0.960 bits per heavy atom. The topological polar surface area (TPSA) is 43.9 Å². The van der Waals surface area contributed by atoms with Crippen LogP contribution in [0.5, 0.6) is 0 Å². The van der Waals surface area contributed by atoms with Gasteiger partial charge in [0.25, 0.3) is 0 Å². The summed E-state index contributed by atoms with van der Waals surface area (Å²) in [4.78, 5) is 31.8. The second kappa shape index (κ2) is 6.70. The number of fused-ring (bicyclic) bond motifs is 1. The molecule has 5 heteroatoms. The van der Waals surface area contributed by atoms with E-state index >= 15 is 0 Å². The fraction of sp³-hybridized carbons (Fsp3) is 0.600. The zero-order valence-electron chi connectivity index (χ0n) is 15.0. The van der Waals surface area contributed by atoms with E-state index in [1.807, 2.05) is 28.0 Å². The Balaban J connectivity index is 1.51. The summed E-state index contributed by atoms with van der Waals surface area (Å²) in [7, 11) is 0. The fourth-order valence-electron chi connectivity index (χ4n) is 4.17. The maximum atomic E-state index is 13.2. The molecule has 25 heavy (non-hydrogen) atoms. The summed E-state index contributed by atoms with van der Waals surface area (Å²) in [6.07, 6.45) is 3.88. The Bertz CT molecular complexity index is 671. The number of hydrogen-bond donors (Lipinski definition) is 0. The van der Waals surface area contributed by atoms with Crippen molar-refractivity contribution in [2.45, 2.75) is 32.6 Å². The van der Waals surface area contributed by atoms with Gasteiger partial charge in [0.05, 0.1) is 17.3 Å². The SMILES string of the molecule is CCN1CCN(C(=O)[C@@H]2CCCN(C(=O)C3CC3)C2)c2ccccc21. The number of hydrogen-bond acceptors (Lipinski definition) is 3. The zero-order chi connectivity index (χ0) is 17.4. The van der Waals surface area contributed by atoms with Crippen LogP contribution < -0.4 is 9.80 Å². The largest absolute Gasteiger partial charge is 0.368 e. The van der Waals surface area contributed by atoms with E-state index in [1.54, 1.807) is 0 Å². The highest BCUT2D eigenvalue weighted by atomic mass is 16.2. The van der Waals surface area contributed by atoms with Crippen molar-refractivity contribution in [1.82, 2.24) is 4.90 Å². The highest BCUT2D eigenvalue weighted by Crippen LogP contribution is 2.36. The van der Waals surface area contributed by atoms with Crippen molar-refractivity contribution in [3.63, 3.8) is 0 Å². The van der Waals surface area contributed by atoms with Gasteiger partial charge >= 0.3 is 0 Å². The molecule has 2 amide bonds. The number of likely N-dealkylation sites (N-methyl/N-ethyl adjacent to an activating group) is 1. The number of para-hydroxylation sites is 2. The third kappa shape index (κ3) is 3.12. The predicted molar refractivity (Wildman–Crippen MR) is 98.7 cm³/mol. The molecule has 1 aromatic carbocycles. The van der Waals surface area contributed by atoms with Gasteiger partial charge in [-0.25, -0.2) is 0 Å².